The fourth-order valence-electron chi connectivity index (χ4n) is 8.81. The lowest BCUT2D eigenvalue weighted by atomic mass is 10.0. The smallest absolute Gasteiger partial charge is 0.305 e. The van der Waals surface area contributed by atoms with Gasteiger partial charge in [-0.2, -0.15) is 0 Å². The van der Waals surface area contributed by atoms with Crippen LogP contribution in [0.5, 0.6) is 0 Å². The van der Waals surface area contributed by atoms with E-state index in [1.165, 1.54) is 212 Å². The SMILES string of the molecule is CCCCCCCCCCCCCCCCCCC/C=C/C(O)C(CO)NC(=O)CCCCCCCCC/C=C\CCCCCCOC(=O)CCCCCCCCCCCCCCC. The van der Waals surface area contributed by atoms with Gasteiger partial charge in [0.25, 0.3) is 0 Å². The lowest BCUT2D eigenvalue weighted by Gasteiger charge is -2.20. The summed E-state index contributed by atoms with van der Waals surface area (Å²) in [5.41, 5.74) is 0. The van der Waals surface area contributed by atoms with Gasteiger partial charge in [0.1, 0.15) is 0 Å². The van der Waals surface area contributed by atoms with Crippen LogP contribution in [0.4, 0.5) is 0 Å². The van der Waals surface area contributed by atoms with Crippen LogP contribution in [-0.2, 0) is 14.3 Å². The molecule has 0 aromatic rings. The molecule has 0 saturated carbocycles. The number of ether oxygens (including phenoxy) is 1. The van der Waals surface area contributed by atoms with E-state index in [0.29, 0.717) is 19.4 Å². The van der Waals surface area contributed by atoms with Crippen molar-refractivity contribution < 1.29 is 24.5 Å². The highest BCUT2D eigenvalue weighted by Gasteiger charge is 2.18. The van der Waals surface area contributed by atoms with Crippen molar-refractivity contribution >= 4 is 11.9 Å². The highest BCUT2D eigenvalue weighted by molar-refractivity contribution is 5.76. The van der Waals surface area contributed by atoms with Gasteiger partial charge >= 0.3 is 5.97 Å². The highest BCUT2D eigenvalue weighted by Crippen LogP contribution is 2.17. The van der Waals surface area contributed by atoms with Crippen molar-refractivity contribution in [2.75, 3.05) is 13.2 Å². The summed E-state index contributed by atoms with van der Waals surface area (Å²) in [5.74, 6) is -0.0904. The number of rotatable bonds is 53. The third kappa shape index (κ3) is 49.8. The molecule has 0 aliphatic heterocycles. The van der Waals surface area contributed by atoms with Crippen molar-refractivity contribution in [1.29, 1.82) is 0 Å². The Morgan fingerprint density at radius 2 is 0.734 bits per heavy atom. The molecule has 0 rings (SSSR count). The number of aliphatic hydroxyl groups excluding tert-OH is 2. The van der Waals surface area contributed by atoms with Crippen LogP contribution >= 0.6 is 0 Å². The first-order valence-corrected chi connectivity index (χ1v) is 28.6. The lowest BCUT2D eigenvalue weighted by molar-refractivity contribution is -0.143. The van der Waals surface area contributed by atoms with Crippen LogP contribution in [-0.4, -0.2) is 47.4 Å². The normalized spacial score (nSPS) is 12.8. The molecule has 0 aliphatic rings. The molecule has 2 unspecified atom stereocenters. The second kappa shape index (κ2) is 54.0. The zero-order valence-electron chi connectivity index (χ0n) is 43.0. The van der Waals surface area contributed by atoms with Crippen LogP contribution in [0.25, 0.3) is 0 Å². The maximum absolute atomic E-state index is 12.5. The van der Waals surface area contributed by atoms with Gasteiger partial charge in [-0.15, -0.1) is 0 Å². The number of aliphatic hydroxyl groups is 2. The van der Waals surface area contributed by atoms with Gasteiger partial charge in [0.2, 0.25) is 5.91 Å². The van der Waals surface area contributed by atoms with Gasteiger partial charge < -0.3 is 20.3 Å². The number of allylic oxidation sites excluding steroid dienone is 3. The second-order valence-electron chi connectivity index (χ2n) is 19.6. The Balaban J connectivity index is 3.51. The Kier molecular flexibility index (Phi) is 52.6. The molecule has 64 heavy (non-hydrogen) atoms. The standard InChI is InChI=1S/C58H111NO5/c1-3-5-7-9-11-13-15-17-18-19-20-21-23-27-30-34-38-42-46-50-56(61)55(54-60)59-57(62)51-47-43-39-35-31-28-24-22-25-29-33-37-41-45-49-53-64-58(63)52-48-44-40-36-32-26-16-14-12-10-8-6-4-2/h25,29,46,50,55-56,60-61H,3-24,26-28,30-45,47-49,51-54H2,1-2H3,(H,59,62)/b29-25-,50-46+. The maximum Gasteiger partial charge on any atom is 0.305 e. The average Bonchev–Trinajstić information content (AvgIpc) is 3.29. The summed E-state index contributed by atoms with van der Waals surface area (Å²) in [6, 6.07) is -0.639. The molecule has 1 amide bonds. The number of nitrogens with one attached hydrogen (secondary N) is 1. The molecular formula is C58H111NO5. The monoisotopic (exact) mass is 902 g/mol. The molecule has 378 valence electrons. The first-order chi connectivity index (χ1) is 31.5. The van der Waals surface area contributed by atoms with Crippen LogP contribution in [0.15, 0.2) is 24.3 Å². The zero-order valence-corrected chi connectivity index (χ0v) is 43.0. The number of hydrogen-bond acceptors (Lipinski definition) is 5. The summed E-state index contributed by atoms with van der Waals surface area (Å²) >= 11 is 0. The number of hydrogen-bond donors (Lipinski definition) is 3. The van der Waals surface area contributed by atoms with Gasteiger partial charge in [0.05, 0.1) is 25.4 Å². The first kappa shape index (κ1) is 62.3. The minimum absolute atomic E-state index is 0.00943. The second-order valence-corrected chi connectivity index (χ2v) is 19.6. The van der Waals surface area contributed by atoms with Crippen molar-refractivity contribution in [3.8, 4) is 0 Å². The molecule has 0 aliphatic carbocycles. The molecular weight excluding hydrogens is 791 g/mol. The predicted octanol–water partition coefficient (Wildman–Crippen LogP) is 17.5. The summed E-state index contributed by atoms with van der Waals surface area (Å²) in [6.45, 7) is 4.88. The highest BCUT2D eigenvalue weighted by atomic mass is 16.5. The summed E-state index contributed by atoms with van der Waals surface area (Å²) in [7, 11) is 0. The van der Waals surface area contributed by atoms with Crippen molar-refractivity contribution in [2.45, 2.75) is 321 Å². The molecule has 0 fully saturated rings. The first-order valence-electron chi connectivity index (χ1n) is 28.6. The molecule has 0 saturated heterocycles. The fourth-order valence-corrected chi connectivity index (χ4v) is 8.81. The molecule has 0 aromatic heterocycles. The molecule has 0 radical (unpaired) electrons. The van der Waals surface area contributed by atoms with E-state index in [4.69, 9.17) is 4.74 Å². The van der Waals surface area contributed by atoms with E-state index in [1.807, 2.05) is 6.08 Å². The predicted molar refractivity (Wildman–Crippen MR) is 278 cm³/mol. The van der Waals surface area contributed by atoms with E-state index in [-0.39, 0.29) is 18.5 Å². The molecule has 2 atom stereocenters. The van der Waals surface area contributed by atoms with Crippen LogP contribution < -0.4 is 5.32 Å². The third-order valence-corrected chi connectivity index (χ3v) is 13.2. The summed E-state index contributed by atoms with van der Waals surface area (Å²) in [6.07, 6.45) is 64.8. The molecule has 0 heterocycles. The van der Waals surface area contributed by atoms with Gasteiger partial charge in [0.15, 0.2) is 0 Å². The number of esters is 1. The Morgan fingerprint density at radius 1 is 0.422 bits per heavy atom. The van der Waals surface area contributed by atoms with E-state index in [9.17, 15) is 19.8 Å². The van der Waals surface area contributed by atoms with E-state index < -0.39 is 12.1 Å². The van der Waals surface area contributed by atoms with Gasteiger partial charge in [0, 0.05) is 12.8 Å². The van der Waals surface area contributed by atoms with E-state index in [1.54, 1.807) is 6.08 Å². The quantitative estimate of drug-likeness (QED) is 0.0321. The minimum Gasteiger partial charge on any atom is -0.466 e. The molecule has 0 bridgehead atoms. The zero-order chi connectivity index (χ0) is 46.5. The number of carbonyl (C=O) groups excluding carboxylic acids is 2. The van der Waals surface area contributed by atoms with Crippen molar-refractivity contribution in [1.82, 2.24) is 5.32 Å². The Hall–Kier alpha value is -1.66. The van der Waals surface area contributed by atoms with Gasteiger partial charge in [-0.05, 0) is 57.8 Å². The molecule has 0 spiro atoms. The Labute approximate surface area is 399 Å². The lowest BCUT2D eigenvalue weighted by Crippen LogP contribution is -2.45. The molecule has 6 heteroatoms. The maximum atomic E-state index is 12.5. The van der Waals surface area contributed by atoms with E-state index in [0.717, 1.165) is 70.6 Å². The largest absolute Gasteiger partial charge is 0.466 e. The Morgan fingerprint density at radius 3 is 1.11 bits per heavy atom. The van der Waals surface area contributed by atoms with E-state index in [2.05, 4.69) is 31.3 Å². The van der Waals surface area contributed by atoms with Crippen LogP contribution in [0.1, 0.15) is 309 Å². The van der Waals surface area contributed by atoms with Gasteiger partial charge in [-0.3, -0.25) is 9.59 Å². The topological polar surface area (TPSA) is 95.9 Å². The Bertz CT molecular complexity index is 997. The summed E-state index contributed by atoms with van der Waals surface area (Å²) in [5, 5.41) is 23.1. The minimum atomic E-state index is -0.854. The molecule has 0 aromatic carbocycles. The van der Waals surface area contributed by atoms with Crippen LogP contribution in [0, 0.1) is 0 Å². The molecule has 3 N–H and O–H groups in total. The fraction of sp³-hybridized carbons (Fsp3) is 0.897. The van der Waals surface area contributed by atoms with E-state index >= 15 is 0 Å². The van der Waals surface area contributed by atoms with Crippen molar-refractivity contribution in [2.24, 2.45) is 0 Å². The van der Waals surface area contributed by atoms with Crippen LogP contribution in [0.2, 0.25) is 0 Å². The van der Waals surface area contributed by atoms with Crippen LogP contribution in [0.3, 0.4) is 0 Å². The van der Waals surface area contributed by atoms with Gasteiger partial charge in [-0.25, -0.2) is 0 Å². The number of unbranched alkanes of at least 4 members (excludes halogenated alkanes) is 40. The summed E-state index contributed by atoms with van der Waals surface area (Å²) in [4.78, 5) is 24.5. The summed E-state index contributed by atoms with van der Waals surface area (Å²) < 4.78 is 5.45. The number of amides is 1. The number of carbonyl (C=O) groups is 2. The van der Waals surface area contributed by atoms with Gasteiger partial charge in [-0.1, -0.05) is 263 Å². The van der Waals surface area contributed by atoms with Crippen molar-refractivity contribution in [3.63, 3.8) is 0 Å². The average molecular weight is 903 g/mol. The molecule has 6 nitrogen and oxygen atoms in total. The van der Waals surface area contributed by atoms with Crippen molar-refractivity contribution in [3.05, 3.63) is 24.3 Å². The third-order valence-electron chi connectivity index (χ3n) is 13.2.